The summed E-state index contributed by atoms with van der Waals surface area (Å²) in [6.45, 7) is 4.56. The van der Waals surface area contributed by atoms with Gasteiger partial charge in [0.25, 0.3) is 0 Å². The van der Waals surface area contributed by atoms with E-state index in [1.54, 1.807) is 6.07 Å². The van der Waals surface area contributed by atoms with Gasteiger partial charge < -0.3 is 5.73 Å². The molecule has 2 nitrogen and oxygen atoms in total. The molecule has 0 aliphatic heterocycles. The van der Waals surface area contributed by atoms with Crippen molar-refractivity contribution in [1.29, 1.82) is 0 Å². The van der Waals surface area contributed by atoms with E-state index >= 15 is 0 Å². The molecular formula is C12H18F2N2. The largest absolute Gasteiger partial charge is 0.327 e. The Morgan fingerprint density at radius 1 is 1.25 bits per heavy atom. The minimum atomic E-state index is -0.814. The number of hydrogen-bond acceptors (Lipinski definition) is 2. The van der Waals surface area contributed by atoms with Crippen LogP contribution >= 0.6 is 0 Å². The van der Waals surface area contributed by atoms with Gasteiger partial charge in [0.1, 0.15) is 0 Å². The summed E-state index contributed by atoms with van der Waals surface area (Å²) < 4.78 is 25.8. The lowest BCUT2D eigenvalue weighted by atomic mass is 10.1. The Balaban J connectivity index is 2.79. The molecule has 0 heterocycles. The van der Waals surface area contributed by atoms with E-state index in [-0.39, 0.29) is 12.1 Å². The van der Waals surface area contributed by atoms with Crippen molar-refractivity contribution < 1.29 is 8.78 Å². The summed E-state index contributed by atoms with van der Waals surface area (Å²) in [5.41, 5.74) is 6.44. The van der Waals surface area contributed by atoms with Crippen LogP contribution in [0.3, 0.4) is 0 Å². The van der Waals surface area contributed by atoms with Gasteiger partial charge in [-0.2, -0.15) is 0 Å². The molecule has 0 bridgehead atoms. The van der Waals surface area contributed by atoms with Crippen molar-refractivity contribution in [1.82, 2.24) is 4.90 Å². The highest BCUT2D eigenvalue weighted by atomic mass is 19.2. The quantitative estimate of drug-likeness (QED) is 0.856. The Morgan fingerprint density at radius 3 is 2.38 bits per heavy atom. The lowest BCUT2D eigenvalue weighted by Gasteiger charge is -2.26. The van der Waals surface area contributed by atoms with Gasteiger partial charge in [-0.1, -0.05) is 6.07 Å². The van der Waals surface area contributed by atoms with Crippen LogP contribution in [0.1, 0.15) is 25.5 Å². The molecule has 16 heavy (non-hydrogen) atoms. The number of nitrogens with two attached hydrogens (primary N) is 1. The van der Waals surface area contributed by atoms with Crippen LogP contribution in [0.15, 0.2) is 18.2 Å². The molecule has 0 saturated heterocycles. The second-order valence-electron chi connectivity index (χ2n) is 4.27. The van der Waals surface area contributed by atoms with Crippen molar-refractivity contribution in [2.75, 3.05) is 13.6 Å². The minimum Gasteiger partial charge on any atom is -0.327 e. The molecule has 0 aliphatic carbocycles. The minimum absolute atomic E-state index is 0.0149. The highest BCUT2D eigenvalue weighted by Gasteiger charge is 2.14. The third-order valence-electron chi connectivity index (χ3n) is 2.66. The van der Waals surface area contributed by atoms with Crippen LogP contribution in [0, 0.1) is 11.6 Å². The van der Waals surface area contributed by atoms with Crippen LogP contribution in [-0.4, -0.2) is 24.5 Å². The van der Waals surface area contributed by atoms with E-state index in [1.165, 1.54) is 6.07 Å². The molecule has 2 N–H and O–H groups in total. The predicted octanol–water partition coefficient (Wildman–Crippen LogP) is 2.30. The fourth-order valence-corrected chi connectivity index (χ4v) is 1.64. The first-order chi connectivity index (χ1) is 7.41. The summed E-state index contributed by atoms with van der Waals surface area (Å²) in [5, 5.41) is 0. The molecule has 0 aliphatic rings. The van der Waals surface area contributed by atoms with E-state index in [4.69, 9.17) is 5.73 Å². The molecule has 1 aromatic rings. The summed E-state index contributed by atoms with van der Waals surface area (Å²) in [5.74, 6) is -1.62. The zero-order valence-corrected chi connectivity index (χ0v) is 9.87. The van der Waals surface area contributed by atoms with Crippen molar-refractivity contribution in [3.05, 3.63) is 35.4 Å². The SMILES string of the molecule is CC(N)CN(C)C(C)c1ccc(F)c(F)c1. The fraction of sp³-hybridized carbons (Fsp3) is 0.500. The second kappa shape index (κ2) is 5.37. The lowest BCUT2D eigenvalue weighted by Crippen LogP contribution is -2.34. The van der Waals surface area contributed by atoms with Crippen molar-refractivity contribution in [3.63, 3.8) is 0 Å². The lowest BCUT2D eigenvalue weighted by molar-refractivity contribution is 0.249. The fourth-order valence-electron chi connectivity index (χ4n) is 1.64. The molecule has 0 amide bonds. The van der Waals surface area contributed by atoms with Crippen LogP contribution in [0.4, 0.5) is 8.78 Å². The van der Waals surface area contributed by atoms with Crippen molar-refractivity contribution in [2.45, 2.75) is 25.9 Å². The van der Waals surface area contributed by atoms with Crippen molar-refractivity contribution in [2.24, 2.45) is 5.73 Å². The van der Waals surface area contributed by atoms with Gasteiger partial charge in [-0.05, 0) is 38.6 Å². The average molecular weight is 228 g/mol. The van der Waals surface area contributed by atoms with Gasteiger partial charge in [-0.3, -0.25) is 4.90 Å². The molecule has 0 spiro atoms. The molecule has 0 aromatic heterocycles. The molecule has 2 atom stereocenters. The molecular weight excluding hydrogens is 210 g/mol. The summed E-state index contributed by atoms with van der Waals surface area (Å²) in [4.78, 5) is 2.01. The zero-order valence-electron chi connectivity index (χ0n) is 9.87. The van der Waals surface area contributed by atoms with Crippen molar-refractivity contribution in [3.8, 4) is 0 Å². The zero-order chi connectivity index (χ0) is 12.3. The van der Waals surface area contributed by atoms with Crippen LogP contribution in [-0.2, 0) is 0 Å². The molecule has 0 saturated carbocycles. The average Bonchev–Trinajstić information content (AvgIpc) is 2.20. The Labute approximate surface area is 95.1 Å². The summed E-state index contributed by atoms with van der Waals surface area (Å²) >= 11 is 0. The van der Waals surface area contributed by atoms with Gasteiger partial charge in [-0.15, -0.1) is 0 Å². The Kier molecular flexibility index (Phi) is 4.38. The molecule has 90 valence electrons. The number of benzene rings is 1. The number of halogens is 2. The third kappa shape index (κ3) is 3.25. The van der Waals surface area contributed by atoms with Gasteiger partial charge in [0, 0.05) is 18.6 Å². The topological polar surface area (TPSA) is 29.3 Å². The first kappa shape index (κ1) is 13.1. The molecule has 0 fully saturated rings. The molecule has 1 rings (SSSR count). The van der Waals surface area contributed by atoms with Crippen LogP contribution < -0.4 is 5.73 Å². The van der Waals surface area contributed by atoms with Gasteiger partial charge in [-0.25, -0.2) is 8.78 Å². The first-order valence-corrected chi connectivity index (χ1v) is 5.32. The smallest absolute Gasteiger partial charge is 0.159 e. The first-order valence-electron chi connectivity index (χ1n) is 5.32. The molecule has 0 radical (unpaired) electrons. The Hall–Kier alpha value is -1.00. The summed E-state index contributed by atoms with van der Waals surface area (Å²) in [6, 6.07) is 4.05. The number of likely N-dealkylation sites (N-methyl/N-ethyl adjacent to an activating group) is 1. The summed E-state index contributed by atoms with van der Waals surface area (Å²) in [6.07, 6.45) is 0. The van der Waals surface area contributed by atoms with Gasteiger partial charge >= 0.3 is 0 Å². The maximum atomic E-state index is 13.0. The second-order valence-corrected chi connectivity index (χ2v) is 4.27. The number of nitrogens with zero attached hydrogens (tertiary/aromatic N) is 1. The number of rotatable bonds is 4. The van der Waals surface area contributed by atoms with E-state index in [9.17, 15) is 8.78 Å². The molecule has 2 unspecified atom stereocenters. The van der Waals surface area contributed by atoms with Crippen LogP contribution in [0.2, 0.25) is 0 Å². The number of hydrogen-bond donors (Lipinski definition) is 1. The Morgan fingerprint density at radius 2 is 1.88 bits per heavy atom. The standard InChI is InChI=1S/C12H18F2N2/c1-8(15)7-16(3)9(2)10-4-5-11(13)12(14)6-10/h4-6,8-9H,7,15H2,1-3H3. The maximum absolute atomic E-state index is 13.0. The van der Waals surface area contributed by atoms with E-state index in [2.05, 4.69) is 0 Å². The van der Waals surface area contributed by atoms with Crippen LogP contribution in [0.25, 0.3) is 0 Å². The van der Waals surface area contributed by atoms with Crippen molar-refractivity contribution >= 4 is 0 Å². The van der Waals surface area contributed by atoms with Gasteiger partial charge in [0.05, 0.1) is 0 Å². The van der Waals surface area contributed by atoms with Crippen LogP contribution in [0.5, 0.6) is 0 Å². The Bertz CT molecular complexity index is 353. The normalized spacial score (nSPS) is 15.2. The van der Waals surface area contributed by atoms with Gasteiger partial charge in [0.2, 0.25) is 0 Å². The van der Waals surface area contributed by atoms with E-state index in [1.807, 2.05) is 25.8 Å². The third-order valence-corrected chi connectivity index (χ3v) is 2.66. The molecule has 4 heteroatoms. The van der Waals surface area contributed by atoms with Gasteiger partial charge in [0.15, 0.2) is 11.6 Å². The summed E-state index contributed by atoms with van der Waals surface area (Å²) in [7, 11) is 1.91. The predicted molar refractivity (Wildman–Crippen MR) is 61.1 cm³/mol. The van der Waals surface area contributed by atoms with E-state index < -0.39 is 11.6 Å². The maximum Gasteiger partial charge on any atom is 0.159 e. The van der Waals surface area contributed by atoms with E-state index in [0.29, 0.717) is 6.54 Å². The van der Waals surface area contributed by atoms with E-state index in [0.717, 1.165) is 11.6 Å². The highest BCUT2D eigenvalue weighted by Crippen LogP contribution is 2.20. The highest BCUT2D eigenvalue weighted by molar-refractivity contribution is 5.20. The molecule has 1 aromatic carbocycles. The monoisotopic (exact) mass is 228 g/mol.